The zero-order chi connectivity index (χ0) is 36.6. The maximum absolute atomic E-state index is 6.85. The lowest BCUT2D eigenvalue weighted by atomic mass is 9.96. The van der Waals surface area contributed by atoms with Crippen LogP contribution < -0.4 is 0 Å². The summed E-state index contributed by atoms with van der Waals surface area (Å²) < 4.78 is 6.85. The van der Waals surface area contributed by atoms with Gasteiger partial charge in [0.2, 0.25) is 0 Å². The molecule has 5 aromatic carbocycles. The van der Waals surface area contributed by atoms with Crippen LogP contribution in [0.4, 0.5) is 0 Å². The van der Waals surface area contributed by atoms with Crippen LogP contribution in [0, 0.1) is 0 Å². The molecule has 0 aliphatic heterocycles. The van der Waals surface area contributed by atoms with Crippen molar-refractivity contribution >= 4 is 21.9 Å². The Morgan fingerprint density at radius 3 is 1.36 bits per heavy atom. The first-order valence-electron chi connectivity index (χ1n) is 18.0. The minimum absolute atomic E-state index is 0.622. The molecule has 7 heteroatoms. The lowest BCUT2D eigenvalue weighted by molar-refractivity contribution is 0.632. The van der Waals surface area contributed by atoms with E-state index in [1.807, 2.05) is 109 Å². The number of furan rings is 1. The Bertz CT molecular complexity index is 2880. The molecule has 0 aliphatic carbocycles. The molecule has 0 unspecified atom stereocenters. The largest absolute Gasteiger partial charge is 0.453 e. The van der Waals surface area contributed by atoms with Crippen LogP contribution in [-0.2, 0) is 0 Å². The topological polar surface area (TPSA) is 90.5 Å². The summed E-state index contributed by atoms with van der Waals surface area (Å²) in [7, 11) is 0. The number of benzene rings is 5. The van der Waals surface area contributed by atoms with Crippen LogP contribution >= 0.6 is 0 Å². The maximum Gasteiger partial charge on any atom is 0.164 e. The quantitative estimate of drug-likeness (QED) is 0.163. The Morgan fingerprint density at radius 1 is 0.345 bits per heavy atom. The Kier molecular flexibility index (Phi) is 8.00. The van der Waals surface area contributed by atoms with Crippen molar-refractivity contribution in [3.8, 4) is 79.0 Å². The molecule has 0 aliphatic rings. The second-order valence-electron chi connectivity index (χ2n) is 13.2. The molecular weight excluding hydrogens is 677 g/mol. The van der Waals surface area contributed by atoms with E-state index < -0.39 is 0 Å². The molecule has 0 spiro atoms. The number of hydrogen-bond donors (Lipinski definition) is 0. The van der Waals surface area contributed by atoms with Crippen LogP contribution in [-0.4, -0.2) is 29.9 Å². The molecule has 0 N–H and O–H groups in total. The summed E-state index contributed by atoms with van der Waals surface area (Å²) in [5.41, 5.74) is 11.3. The van der Waals surface area contributed by atoms with E-state index in [0.717, 1.165) is 83.4 Å². The number of hydrogen-bond acceptors (Lipinski definition) is 7. The average Bonchev–Trinajstić information content (AvgIpc) is 3.69. The molecule has 10 rings (SSSR count). The van der Waals surface area contributed by atoms with Gasteiger partial charge in [0.15, 0.2) is 23.1 Å². The standard InChI is InChI=1S/C48H30N6O/c1-3-9-36(10-4-1)46-52-47(37-11-5-2-6-12-37)54-48(53-46)38-21-17-32(18-22-38)31-15-19-34(20-16-31)43-45-42(39-13-7-8-14-40(39)51-43)41(33-23-27-49-28-24-33)44(55-45)35-25-29-50-30-26-35/h1-30H. The molecular formula is C48H30N6O. The zero-order valence-electron chi connectivity index (χ0n) is 29.4. The van der Waals surface area contributed by atoms with Crippen molar-refractivity contribution in [3.05, 3.63) is 183 Å². The highest BCUT2D eigenvalue weighted by Crippen LogP contribution is 2.46. The molecule has 5 heterocycles. The molecule has 0 radical (unpaired) electrons. The summed E-state index contributed by atoms with van der Waals surface area (Å²) in [6.45, 7) is 0. The Balaban J connectivity index is 1.04. The molecule has 7 nitrogen and oxygen atoms in total. The van der Waals surface area contributed by atoms with Crippen LogP contribution in [0.1, 0.15) is 0 Å². The fraction of sp³-hybridized carbons (Fsp3) is 0. The predicted molar refractivity (Wildman–Crippen MR) is 219 cm³/mol. The molecule has 55 heavy (non-hydrogen) atoms. The fourth-order valence-electron chi connectivity index (χ4n) is 7.07. The van der Waals surface area contributed by atoms with Gasteiger partial charge in [0, 0.05) is 68.9 Å². The third-order valence-electron chi connectivity index (χ3n) is 9.77. The van der Waals surface area contributed by atoms with Gasteiger partial charge >= 0.3 is 0 Å². The van der Waals surface area contributed by atoms with Crippen molar-refractivity contribution in [2.45, 2.75) is 0 Å². The second-order valence-corrected chi connectivity index (χ2v) is 13.2. The molecule has 0 fully saturated rings. The summed E-state index contributed by atoms with van der Waals surface area (Å²) in [6, 6.07) is 53.1. The summed E-state index contributed by atoms with van der Waals surface area (Å²) in [6.07, 6.45) is 7.20. The first-order chi connectivity index (χ1) is 27.3. The fourth-order valence-corrected chi connectivity index (χ4v) is 7.07. The summed E-state index contributed by atoms with van der Waals surface area (Å²) in [5.74, 6) is 2.66. The third kappa shape index (κ3) is 5.99. The van der Waals surface area contributed by atoms with Crippen molar-refractivity contribution in [1.29, 1.82) is 0 Å². The van der Waals surface area contributed by atoms with Gasteiger partial charge in [0.25, 0.3) is 0 Å². The van der Waals surface area contributed by atoms with E-state index in [9.17, 15) is 0 Å². The number of fused-ring (bicyclic) bond motifs is 3. The van der Waals surface area contributed by atoms with E-state index in [0.29, 0.717) is 17.5 Å². The minimum Gasteiger partial charge on any atom is -0.453 e. The Morgan fingerprint density at radius 2 is 0.800 bits per heavy atom. The van der Waals surface area contributed by atoms with Crippen molar-refractivity contribution in [2.75, 3.05) is 0 Å². The van der Waals surface area contributed by atoms with Crippen LogP contribution in [0.5, 0.6) is 0 Å². The molecule has 0 atom stereocenters. The van der Waals surface area contributed by atoms with E-state index in [2.05, 4.69) is 70.6 Å². The first-order valence-corrected chi connectivity index (χ1v) is 18.0. The van der Waals surface area contributed by atoms with Crippen LogP contribution in [0.25, 0.3) is 101 Å². The van der Waals surface area contributed by atoms with Gasteiger partial charge in [0.05, 0.1) is 5.52 Å². The number of rotatable bonds is 7. The van der Waals surface area contributed by atoms with Gasteiger partial charge in [0.1, 0.15) is 11.5 Å². The monoisotopic (exact) mass is 706 g/mol. The smallest absolute Gasteiger partial charge is 0.164 e. The maximum atomic E-state index is 6.85. The lowest BCUT2D eigenvalue weighted by Gasteiger charge is -2.10. The SMILES string of the molecule is c1ccc(-c2nc(-c3ccccc3)nc(-c3ccc(-c4ccc(-c5nc6ccccc6c6c(-c7ccncc7)c(-c7ccncc7)oc56)cc4)cc3)n2)cc1. The van der Waals surface area contributed by atoms with Gasteiger partial charge in [-0.15, -0.1) is 0 Å². The van der Waals surface area contributed by atoms with Gasteiger partial charge in [-0.25, -0.2) is 19.9 Å². The second kappa shape index (κ2) is 13.7. The number of aromatic nitrogens is 6. The van der Waals surface area contributed by atoms with Gasteiger partial charge in [-0.05, 0) is 47.0 Å². The van der Waals surface area contributed by atoms with E-state index in [4.69, 9.17) is 24.4 Å². The van der Waals surface area contributed by atoms with E-state index in [1.54, 1.807) is 12.4 Å². The van der Waals surface area contributed by atoms with Gasteiger partial charge in [-0.2, -0.15) is 0 Å². The van der Waals surface area contributed by atoms with Crippen molar-refractivity contribution < 1.29 is 4.42 Å². The zero-order valence-corrected chi connectivity index (χ0v) is 29.4. The summed E-state index contributed by atoms with van der Waals surface area (Å²) in [5, 5.41) is 2.04. The Hall–Kier alpha value is -7.64. The van der Waals surface area contributed by atoms with E-state index in [-0.39, 0.29) is 0 Å². The summed E-state index contributed by atoms with van der Waals surface area (Å²) in [4.78, 5) is 28.3. The Labute approximate surface area is 316 Å². The molecule has 5 aromatic heterocycles. The van der Waals surface area contributed by atoms with Gasteiger partial charge < -0.3 is 4.42 Å². The highest BCUT2D eigenvalue weighted by Gasteiger charge is 2.24. The van der Waals surface area contributed by atoms with Crippen molar-refractivity contribution in [1.82, 2.24) is 29.9 Å². The van der Waals surface area contributed by atoms with E-state index in [1.165, 1.54) is 0 Å². The molecule has 0 saturated carbocycles. The van der Waals surface area contributed by atoms with Gasteiger partial charge in [-0.1, -0.05) is 127 Å². The average molecular weight is 707 g/mol. The van der Waals surface area contributed by atoms with Crippen LogP contribution in [0.3, 0.4) is 0 Å². The minimum atomic E-state index is 0.622. The van der Waals surface area contributed by atoms with Crippen LogP contribution in [0.2, 0.25) is 0 Å². The molecule has 0 amide bonds. The number of para-hydroxylation sites is 1. The number of nitrogens with zero attached hydrogens (tertiary/aromatic N) is 6. The van der Waals surface area contributed by atoms with Crippen molar-refractivity contribution in [2.24, 2.45) is 0 Å². The first kappa shape index (κ1) is 32.0. The van der Waals surface area contributed by atoms with Crippen LogP contribution in [0.15, 0.2) is 187 Å². The highest BCUT2D eigenvalue weighted by molar-refractivity contribution is 6.18. The van der Waals surface area contributed by atoms with Gasteiger partial charge in [-0.3, -0.25) is 9.97 Å². The molecule has 258 valence electrons. The van der Waals surface area contributed by atoms with Crippen molar-refractivity contribution in [3.63, 3.8) is 0 Å². The normalized spacial score (nSPS) is 11.3. The predicted octanol–water partition coefficient (Wildman–Crippen LogP) is 11.6. The number of pyridine rings is 3. The lowest BCUT2D eigenvalue weighted by Crippen LogP contribution is -2.00. The third-order valence-corrected chi connectivity index (χ3v) is 9.77. The summed E-state index contributed by atoms with van der Waals surface area (Å²) >= 11 is 0. The highest BCUT2D eigenvalue weighted by atomic mass is 16.3. The molecule has 10 aromatic rings. The molecule has 0 bridgehead atoms. The van der Waals surface area contributed by atoms with E-state index >= 15 is 0 Å². The molecule has 0 saturated heterocycles.